The van der Waals surface area contributed by atoms with Gasteiger partial charge in [0.2, 0.25) is 0 Å². The predicted octanol–water partition coefficient (Wildman–Crippen LogP) is 15.3. The third kappa shape index (κ3) is 5.60. The SMILES string of the molecule is c1ccc(-c2nc(-c3ccccc3)nc(-c3cccc(-n4c5ccccc5c5c4c4ccc6c(c7ccccc7n6-c6ccccc6)c4c4c6ccccc6n(-c6ccccc6)c45)c3)n2)cc1. The standard InChI is InChI=1S/C61H38N6/c1-5-20-39(21-6-1)59-62-60(40-22-7-2-8-23-40)64-61(63-59)41-24-19-29-44(38-41)67-51-35-18-15-32-47(51)56-57(67)48-36-37-52-53(45-30-13-16-33-49(45)65(52)42-25-9-3-10-26-42)54(48)55-46-31-14-17-34-50(46)66(58(55)56)43-27-11-4-12-28-43/h1-38H. The molecule has 0 aliphatic heterocycles. The monoisotopic (exact) mass is 854 g/mol. The van der Waals surface area contributed by atoms with Gasteiger partial charge in [-0.15, -0.1) is 0 Å². The van der Waals surface area contributed by atoms with Crippen molar-refractivity contribution in [1.29, 1.82) is 0 Å². The van der Waals surface area contributed by atoms with E-state index < -0.39 is 0 Å². The van der Waals surface area contributed by atoms with Crippen molar-refractivity contribution in [3.8, 4) is 51.2 Å². The number of para-hydroxylation sites is 5. The Labute approximate surface area is 384 Å². The van der Waals surface area contributed by atoms with E-state index in [1.165, 1.54) is 65.2 Å². The fourth-order valence-electron chi connectivity index (χ4n) is 10.7. The zero-order valence-electron chi connectivity index (χ0n) is 36.1. The number of benzene rings is 10. The summed E-state index contributed by atoms with van der Waals surface area (Å²) in [5.41, 5.74) is 13.0. The minimum atomic E-state index is 0.613. The number of nitrogens with zero attached hydrogens (tertiary/aromatic N) is 6. The fraction of sp³-hybridized carbons (Fsp3) is 0. The van der Waals surface area contributed by atoms with Gasteiger partial charge in [0.05, 0.1) is 33.1 Å². The molecule has 67 heavy (non-hydrogen) atoms. The molecular formula is C61H38N6. The van der Waals surface area contributed by atoms with Crippen molar-refractivity contribution in [3.63, 3.8) is 0 Å². The Kier molecular flexibility index (Phi) is 8.18. The van der Waals surface area contributed by atoms with E-state index in [-0.39, 0.29) is 0 Å². The second-order valence-corrected chi connectivity index (χ2v) is 17.1. The zero-order chi connectivity index (χ0) is 44.0. The molecule has 0 unspecified atom stereocenters. The summed E-state index contributed by atoms with van der Waals surface area (Å²) in [4.78, 5) is 15.3. The molecule has 0 fully saturated rings. The van der Waals surface area contributed by atoms with Crippen molar-refractivity contribution in [3.05, 3.63) is 231 Å². The van der Waals surface area contributed by atoms with Gasteiger partial charge in [0.25, 0.3) is 0 Å². The van der Waals surface area contributed by atoms with Crippen molar-refractivity contribution in [2.45, 2.75) is 0 Å². The largest absolute Gasteiger partial charge is 0.309 e. The first-order chi connectivity index (χ1) is 33.3. The maximum absolute atomic E-state index is 5.16. The van der Waals surface area contributed by atoms with Crippen molar-refractivity contribution < 1.29 is 0 Å². The van der Waals surface area contributed by atoms with Crippen molar-refractivity contribution in [2.75, 3.05) is 0 Å². The Hall–Kier alpha value is -9.13. The molecule has 0 saturated carbocycles. The van der Waals surface area contributed by atoms with Crippen LogP contribution in [0.5, 0.6) is 0 Å². The van der Waals surface area contributed by atoms with Crippen molar-refractivity contribution in [2.24, 2.45) is 0 Å². The molecule has 6 nitrogen and oxygen atoms in total. The van der Waals surface area contributed by atoms with Gasteiger partial charge in [-0.1, -0.05) is 170 Å². The molecule has 10 aromatic carbocycles. The van der Waals surface area contributed by atoms with Gasteiger partial charge in [0.15, 0.2) is 17.5 Å². The van der Waals surface area contributed by atoms with E-state index in [1.807, 2.05) is 36.4 Å². The van der Waals surface area contributed by atoms with Crippen LogP contribution in [-0.4, -0.2) is 28.7 Å². The van der Waals surface area contributed by atoms with Crippen LogP contribution in [0.15, 0.2) is 231 Å². The number of fused-ring (bicyclic) bond motifs is 14. The number of hydrogen-bond donors (Lipinski definition) is 0. The molecule has 6 heteroatoms. The third-order valence-corrected chi connectivity index (χ3v) is 13.4. The van der Waals surface area contributed by atoms with E-state index in [0.717, 1.165) is 44.8 Å². The molecule has 14 rings (SSSR count). The van der Waals surface area contributed by atoms with Crippen LogP contribution in [0.1, 0.15) is 0 Å². The molecule has 4 aromatic heterocycles. The number of rotatable bonds is 6. The number of aromatic nitrogens is 6. The average Bonchev–Trinajstić information content (AvgIpc) is 4.06. The molecule has 0 radical (unpaired) electrons. The lowest BCUT2D eigenvalue weighted by Gasteiger charge is -2.15. The first-order valence-corrected chi connectivity index (χ1v) is 22.7. The highest BCUT2D eigenvalue weighted by Gasteiger charge is 2.27. The van der Waals surface area contributed by atoms with Crippen LogP contribution in [0.4, 0.5) is 0 Å². The van der Waals surface area contributed by atoms with Crippen LogP contribution in [0.2, 0.25) is 0 Å². The maximum Gasteiger partial charge on any atom is 0.164 e. The summed E-state index contributed by atoms with van der Waals surface area (Å²) in [5.74, 6) is 1.88. The van der Waals surface area contributed by atoms with Crippen molar-refractivity contribution >= 4 is 76.2 Å². The van der Waals surface area contributed by atoms with Crippen LogP contribution in [0.3, 0.4) is 0 Å². The van der Waals surface area contributed by atoms with Crippen LogP contribution in [0.25, 0.3) is 127 Å². The molecule has 0 saturated heterocycles. The smallest absolute Gasteiger partial charge is 0.164 e. The van der Waals surface area contributed by atoms with Gasteiger partial charge in [-0.2, -0.15) is 0 Å². The van der Waals surface area contributed by atoms with Gasteiger partial charge >= 0.3 is 0 Å². The number of hydrogen-bond acceptors (Lipinski definition) is 3. The van der Waals surface area contributed by atoms with Crippen LogP contribution in [-0.2, 0) is 0 Å². The van der Waals surface area contributed by atoms with E-state index in [9.17, 15) is 0 Å². The summed E-state index contributed by atoms with van der Waals surface area (Å²) in [7, 11) is 0. The Balaban J connectivity index is 1.15. The Bertz CT molecular complexity index is 4190. The van der Waals surface area contributed by atoms with Crippen LogP contribution >= 0.6 is 0 Å². The molecule has 312 valence electrons. The Morgan fingerprint density at radius 2 is 0.657 bits per heavy atom. The second kappa shape index (κ2) is 14.7. The third-order valence-electron chi connectivity index (χ3n) is 13.4. The molecule has 4 heterocycles. The molecule has 0 N–H and O–H groups in total. The van der Waals surface area contributed by atoms with Gasteiger partial charge in [-0.25, -0.2) is 15.0 Å². The summed E-state index contributed by atoms with van der Waals surface area (Å²) in [6.07, 6.45) is 0. The molecule has 0 spiro atoms. The Morgan fingerprint density at radius 3 is 1.24 bits per heavy atom. The van der Waals surface area contributed by atoms with Crippen molar-refractivity contribution in [1.82, 2.24) is 28.7 Å². The fourth-order valence-corrected chi connectivity index (χ4v) is 10.7. The highest BCUT2D eigenvalue weighted by Crippen LogP contribution is 2.50. The van der Waals surface area contributed by atoms with Gasteiger partial charge in [0.1, 0.15) is 0 Å². The van der Waals surface area contributed by atoms with E-state index >= 15 is 0 Å². The molecule has 0 aliphatic carbocycles. The van der Waals surface area contributed by atoms with Crippen LogP contribution in [0, 0.1) is 0 Å². The molecule has 0 atom stereocenters. The maximum atomic E-state index is 5.16. The lowest BCUT2D eigenvalue weighted by Crippen LogP contribution is -2.01. The van der Waals surface area contributed by atoms with E-state index in [2.05, 4.69) is 208 Å². The summed E-state index contributed by atoms with van der Waals surface area (Å²) in [6.45, 7) is 0. The normalized spacial score (nSPS) is 11.9. The van der Waals surface area contributed by atoms with Gasteiger partial charge in [-0.3, -0.25) is 0 Å². The van der Waals surface area contributed by atoms with Gasteiger partial charge < -0.3 is 13.7 Å². The first-order valence-electron chi connectivity index (χ1n) is 22.7. The van der Waals surface area contributed by atoms with E-state index in [0.29, 0.717) is 17.5 Å². The molecule has 0 aliphatic rings. The topological polar surface area (TPSA) is 53.5 Å². The van der Waals surface area contributed by atoms with E-state index in [4.69, 9.17) is 15.0 Å². The molecule has 0 bridgehead atoms. The van der Waals surface area contributed by atoms with Crippen LogP contribution < -0.4 is 0 Å². The minimum Gasteiger partial charge on any atom is -0.309 e. The summed E-state index contributed by atoms with van der Waals surface area (Å²) < 4.78 is 7.40. The van der Waals surface area contributed by atoms with Gasteiger partial charge in [-0.05, 0) is 60.7 Å². The average molecular weight is 855 g/mol. The zero-order valence-corrected chi connectivity index (χ0v) is 36.1. The van der Waals surface area contributed by atoms with E-state index in [1.54, 1.807) is 0 Å². The quantitative estimate of drug-likeness (QED) is 0.167. The first kappa shape index (κ1) is 37.3. The van der Waals surface area contributed by atoms with Gasteiger partial charge in [0, 0.05) is 76.8 Å². The summed E-state index contributed by atoms with van der Waals surface area (Å²) >= 11 is 0. The summed E-state index contributed by atoms with van der Waals surface area (Å²) in [6, 6.07) is 82.0. The predicted molar refractivity (Wildman–Crippen MR) is 277 cm³/mol. The highest BCUT2D eigenvalue weighted by molar-refractivity contribution is 6.42. The minimum absolute atomic E-state index is 0.613. The summed E-state index contributed by atoms with van der Waals surface area (Å²) in [5, 5.41) is 9.70. The lowest BCUT2D eigenvalue weighted by atomic mass is 9.95. The molecule has 0 amide bonds. The lowest BCUT2D eigenvalue weighted by molar-refractivity contribution is 1.07. The second-order valence-electron chi connectivity index (χ2n) is 17.1. The highest BCUT2D eigenvalue weighted by atomic mass is 15.0. The Morgan fingerprint density at radius 1 is 0.239 bits per heavy atom. The molecule has 14 aromatic rings. The molecular weight excluding hydrogens is 817 g/mol.